The van der Waals surface area contributed by atoms with E-state index in [9.17, 15) is 4.39 Å². The Labute approximate surface area is 110 Å². The van der Waals surface area contributed by atoms with Crippen molar-refractivity contribution < 1.29 is 14.0 Å². The van der Waals surface area contributed by atoms with Crippen LogP contribution in [0.15, 0.2) is 22.7 Å². The second kappa shape index (κ2) is 5.79. The van der Waals surface area contributed by atoms with E-state index in [2.05, 4.69) is 10.1 Å². The lowest BCUT2D eigenvalue weighted by Crippen LogP contribution is -2.02. The van der Waals surface area contributed by atoms with Crippen LogP contribution in [0.2, 0.25) is 0 Å². The van der Waals surface area contributed by atoms with E-state index < -0.39 is 11.6 Å². The van der Waals surface area contributed by atoms with E-state index in [0.717, 1.165) is 12.8 Å². The molecule has 2 aromatic rings. The van der Waals surface area contributed by atoms with Crippen molar-refractivity contribution in [1.82, 2.24) is 10.1 Å². The monoisotopic (exact) mass is 265 g/mol. The number of rotatable bonds is 5. The van der Waals surface area contributed by atoms with Crippen LogP contribution in [-0.4, -0.2) is 21.8 Å². The van der Waals surface area contributed by atoms with E-state index in [1.165, 1.54) is 18.2 Å². The van der Waals surface area contributed by atoms with Gasteiger partial charge in [0.25, 0.3) is 0 Å². The second-order valence-electron chi connectivity index (χ2n) is 4.45. The lowest BCUT2D eigenvalue weighted by Gasteiger charge is -2.03. The number of nitrogens with zero attached hydrogens (tertiary/aromatic N) is 2. The minimum Gasteiger partial charge on any atom is -0.505 e. The lowest BCUT2D eigenvalue weighted by molar-refractivity contribution is 0.352. The Bertz CT molecular complexity index is 557. The topological polar surface area (TPSA) is 85.2 Å². The summed E-state index contributed by atoms with van der Waals surface area (Å²) in [5.74, 6) is -0.166. The van der Waals surface area contributed by atoms with Gasteiger partial charge in [-0.25, -0.2) is 4.39 Å². The normalized spacial score (nSPS) is 12.6. The highest BCUT2D eigenvalue weighted by atomic mass is 19.1. The van der Waals surface area contributed by atoms with E-state index in [1.54, 1.807) is 0 Å². The van der Waals surface area contributed by atoms with Crippen LogP contribution in [0.25, 0.3) is 11.4 Å². The molecule has 6 heteroatoms. The van der Waals surface area contributed by atoms with Gasteiger partial charge in [0.05, 0.1) is 0 Å². The van der Waals surface area contributed by atoms with Crippen molar-refractivity contribution in [3.8, 4) is 17.1 Å². The van der Waals surface area contributed by atoms with Crippen LogP contribution in [0.3, 0.4) is 0 Å². The average molecular weight is 265 g/mol. The van der Waals surface area contributed by atoms with Gasteiger partial charge >= 0.3 is 0 Å². The van der Waals surface area contributed by atoms with Gasteiger partial charge in [-0.3, -0.25) is 0 Å². The fourth-order valence-electron chi connectivity index (χ4n) is 1.75. The van der Waals surface area contributed by atoms with Crippen LogP contribution in [0.4, 0.5) is 4.39 Å². The molecule has 1 atom stereocenters. The molecule has 1 heterocycles. The minimum atomic E-state index is -0.708. The first-order valence-electron chi connectivity index (χ1n) is 6.14. The zero-order valence-electron chi connectivity index (χ0n) is 10.6. The van der Waals surface area contributed by atoms with Crippen LogP contribution in [0.1, 0.15) is 31.6 Å². The van der Waals surface area contributed by atoms with Gasteiger partial charge < -0.3 is 15.4 Å². The summed E-state index contributed by atoms with van der Waals surface area (Å²) in [6, 6.07) is 3.98. The third-order valence-electron chi connectivity index (χ3n) is 2.91. The van der Waals surface area contributed by atoms with Gasteiger partial charge in [-0.2, -0.15) is 4.98 Å². The molecule has 19 heavy (non-hydrogen) atoms. The largest absolute Gasteiger partial charge is 0.505 e. The lowest BCUT2D eigenvalue weighted by atomic mass is 10.1. The van der Waals surface area contributed by atoms with E-state index in [1.807, 2.05) is 6.92 Å². The first-order chi connectivity index (χ1) is 9.11. The average Bonchev–Trinajstić information content (AvgIpc) is 2.89. The molecule has 0 fully saturated rings. The molecule has 2 rings (SSSR count). The summed E-state index contributed by atoms with van der Waals surface area (Å²) in [6.45, 7) is 2.60. The molecule has 102 valence electrons. The summed E-state index contributed by atoms with van der Waals surface area (Å²) >= 11 is 0. The highest BCUT2D eigenvalue weighted by molar-refractivity contribution is 5.55. The van der Waals surface area contributed by atoms with Gasteiger partial charge in [0.15, 0.2) is 11.6 Å². The number of nitrogens with two attached hydrogens (primary N) is 1. The van der Waals surface area contributed by atoms with Gasteiger partial charge in [-0.05, 0) is 37.6 Å². The highest BCUT2D eigenvalue weighted by Crippen LogP contribution is 2.25. The van der Waals surface area contributed by atoms with E-state index in [-0.39, 0.29) is 5.92 Å². The van der Waals surface area contributed by atoms with Crippen LogP contribution in [-0.2, 0) is 0 Å². The first-order valence-corrected chi connectivity index (χ1v) is 6.14. The Morgan fingerprint density at radius 3 is 2.95 bits per heavy atom. The zero-order valence-corrected chi connectivity index (χ0v) is 10.6. The van der Waals surface area contributed by atoms with Crippen LogP contribution in [0, 0.1) is 5.82 Å². The first kappa shape index (κ1) is 13.5. The van der Waals surface area contributed by atoms with Gasteiger partial charge in [0.1, 0.15) is 0 Å². The molecule has 0 aliphatic carbocycles. The molecule has 1 unspecified atom stereocenters. The van der Waals surface area contributed by atoms with E-state index >= 15 is 0 Å². The Hall–Kier alpha value is -1.95. The predicted molar refractivity (Wildman–Crippen MR) is 68.1 cm³/mol. The number of aromatic nitrogens is 2. The smallest absolute Gasteiger partial charge is 0.229 e. The molecule has 0 aliphatic rings. The maximum atomic E-state index is 13.2. The van der Waals surface area contributed by atoms with Crippen LogP contribution >= 0.6 is 0 Å². The second-order valence-corrected chi connectivity index (χ2v) is 4.45. The fourth-order valence-corrected chi connectivity index (χ4v) is 1.75. The Morgan fingerprint density at radius 2 is 2.26 bits per heavy atom. The quantitative estimate of drug-likeness (QED) is 0.867. The summed E-state index contributed by atoms with van der Waals surface area (Å²) < 4.78 is 18.4. The molecular weight excluding hydrogens is 249 g/mol. The van der Waals surface area contributed by atoms with Gasteiger partial charge in [0.2, 0.25) is 11.7 Å². The molecule has 0 radical (unpaired) electrons. The van der Waals surface area contributed by atoms with Crippen molar-refractivity contribution >= 4 is 0 Å². The van der Waals surface area contributed by atoms with Crippen molar-refractivity contribution in [3.05, 3.63) is 29.9 Å². The van der Waals surface area contributed by atoms with Crippen LogP contribution in [0.5, 0.6) is 5.75 Å². The van der Waals surface area contributed by atoms with Crippen molar-refractivity contribution in [2.75, 3.05) is 6.54 Å². The molecular formula is C13H16FN3O2. The van der Waals surface area contributed by atoms with Crippen molar-refractivity contribution in [2.45, 2.75) is 25.7 Å². The Kier molecular flexibility index (Phi) is 4.11. The Morgan fingerprint density at radius 1 is 1.47 bits per heavy atom. The van der Waals surface area contributed by atoms with Gasteiger partial charge in [-0.1, -0.05) is 12.1 Å². The third-order valence-corrected chi connectivity index (χ3v) is 2.91. The third kappa shape index (κ3) is 3.08. The van der Waals surface area contributed by atoms with Gasteiger partial charge in [-0.15, -0.1) is 0 Å². The number of halogens is 1. The molecule has 0 aliphatic heterocycles. The molecule has 1 aromatic heterocycles. The molecule has 0 amide bonds. The maximum absolute atomic E-state index is 13.2. The van der Waals surface area contributed by atoms with Crippen molar-refractivity contribution in [1.29, 1.82) is 0 Å². The highest BCUT2D eigenvalue weighted by Gasteiger charge is 2.15. The van der Waals surface area contributed by atoms with E-state index in [0.29, 0.717) is 23.8 Å². The Balaban J connectivity index is 2.18. The molecule has 0 spiro atoms. The number of hydrogen-bond acceptors (Lipinski definition) is 5. The van der Waals surface area contributed by atoms with Crippen molar-refractivity contribution in [2.24, 2.45) is 5.73 Å². The van der Waals surface area contributed by atoms with Crippen LogP contribution < -0.4 is 5.73 Å². The summed E-state index contributed by atoms with van der Waals surface area (Å²) in [6.07, 6.45) is 1.74. The molecule has 3 N–H and O–H groups in total. The summed E-state index contributed by atoms with van der Waals surface area (Å²) in [5.41, 5.74) is 5.92. The fraction of sp³-hybridized carbons (Fsp3) is 0.385. The number of phenolic OH excluding ortho intramolecular Hbond substituents is 1. The summed E-state index contributed by atoms with van der Waals surface area (Å²) in [4.78, 5) is 4.24. The summed E-state index contributed by atoms with van der Waals surface area (Å²) in [7, 11) is 0. The predicted octanol–water partition coefficient (Wildman–Crippen LogP) is 2.42. The molecule has 5 nitrogen and oxygen atoms in total. The summed E-state index contributed by atoms with van der Waals surface area (Å²) in [5, 5.41) is 13.0. The molecule has 0 saturated carbocycles. The molecule has 1 aromatic carbocycles. The number of aromatic hydroxyl groups is 1. The number of hydrogen-bond donors (Lipinski definition) is 2. The molecule has 0 saturated heterocycles. The number of phenols is 1. The van der Waals surface area contributed by atoms with E-state index in [4.69, 9.17) is 15.4 Å². The van der Waals surface area contributed by atoms with Gasteiger partial charge in [0, 0.05) is 11.5 Å². The SMILES string of the molecule is CC(CCCN)c1nc(-c2ccc(O)c(F)c2)no1. The maximum Gasteiger partial charge on any atom is 0.229 e. The zero-order chi connectivity index (χ0) is 13.8. The number of benzene rings is 1. The minimum absolute atomic E-state index is 0.117. The van der Waals surface area contributed by atoms with Crippen molar-refractivity contribution in [3.63, 3.8) is 0 Å². The molecule has 0 bridgehead atoms. The standard InChI is InChI=1S/C13H16FN3O2/c1-8(3-2-6-15)13-16-12(17-19-13)9-4-5-11(18)10(14)7-9/h4-5,7-8,18H,2-3,6,15H2,1H3.